The van der Waals surface area contributed by atoms with Crippen molar-refractivity contribution in [3.63, 3.8) is 0 Å². The van der Waals surface area contributed by atoms with Crippen LogP contribution in [0.5, 0.6) is 0 Å². The lowest BCUT2D eigenvalue weighted by Gasteiger charge is -1.78. The molecule has 1 rings (SSSR count). The summed E-state index contributed by atoms with van der Waals surface area (Å²) in [6, 6.07) is 0. The zero-order valence-electron chi connectivity index (χ0n) is 4.66. The highest BCUT2D eigenvalue weighted by molar-refractivity contribution is 5.49. The lowest BCUT2D eigenvalue weighted by atomic mass is 10.6. The van der Waals surface area contributed by atoms with E-state index in [2.05, 4.69) is 9.73 Å². The van der Waals surface area contributed by atoms with Crippen LogP contribution in [0, 0.1) is 0 Å². The van der Waals surface area contributed by atoms with E-state index in [1.54, 1.807) is 12.2 Å². The van der Waals surface area contributed by atoms with Gasteiger partial charge >= 0.3 is 0 Å². The third-order valence-electron chi connectivity index (χ3n) is 0.524. The Morgan fingerprint density at radius 2 is 2.57 bits per heavy atom. The zero-order chi connectivity index (χ0) is 5.82. The Kier molecular flexibility index (Phi) is 0.941. The molecule has 0 bridgehead atoms. The van der Waals surface area contributed by atoms with Gasteiger partial charge in [-0.3, -0.25) is 0 Å². The molecule has 0 aromatic heterocycles. The summed E-state index contributed by atoms with van der Waals surface area (Å²) >= 11 is 0. The van der Waals surface area contributed by atoms with Crippen molar-refractivity contribution in [3.05, 3.63) is 24.6 Å². The molecule has 0 spiro atoms. The number of hydrogen-bond donors (Lipinski definition) is 0. The molecular formula is C5H5NO. The van der Waals surface area contributed by atoms with E-state index < -0.39 is 0 Å². The summed E-state index contributed by atoms with van der Waals surface area (Å²) in [5.41, 5.74) is 0. The number of hydrogen-bond acceptors (Lipinski definition) is 2. The molecule has 0 saturated heterocycles. The Hall–Kier alpha value is -1.05. The van der Waals surface area contributed by atoms with Gasteiger partial charge in [0.25, 0.3) is 0 Å². The van der Waals surface area contributed by atoms with Crippen molar-refractivity contribution < 1.29 is 6.11 Å². The Morgan fingerprint density at radius 3 is 3.57 bits per heavy atom. The molecule has 0 fully saturated rings. The van der Waals surface area contributed by atoms with E-state index in [-0.39, 0.29) is 6.38 Å². The van der Waals surface area contributed by atoms with Crippen molar-refractivity contribution in [2.24, 2.45) is 4.99 Å². The standard InChI is InChI=1S/C5H5NO/c1-2-4-7-5-6-3-1/h1-5H/i5D. The summed E-state index contributed by atoms with van der Waals surface area (Å²) in [6.07, 6.45) is 6.21. The molecule has 0 aromatic rings. The Labute approximate surface area is 43.2 Å². The van der Waals surface area contributed by atoms with Crippen molar-refractivity contribution in [2.75, 3.05) is 0 Å². The van der Waals surface area contributed by atoms with Crippen LogP contribution in [0.25, 0.3) is 0 Å². The molecule has 1 aliphatic rings. The van der Waals surface area contributed by atoms with E-state index in [4.69, 9.17) is 1.37 Å². The molecule has 1 heterocycles. The number of aliphatic imine (C=N–C) groups is 1. The van der Waals surface area contributed by atoms with Gasteiger partial charge in [0.2, 0.25) is 0 Å². The molecule has 0 aliphatic carbocycles. The van der Waals surface area contributed by atoms with Crippen molar-refractivity contribution in [2.45, 2.75) is 0 Å². The van der Waals surface area contributed by atoms with E-state index in [0.29, 0.717) is 0 Å². The van der Waals surface area contributed by atoms with Crippen LogP contribution in [0.2, 0.25) is 0 Å². The van der Waals surface area contributed by atoms with Gasteiger partial charge in [-0.2, -0.15) is 0 Å². The summed E-state index contributed by atoms with van der Waals surface area (Å²) < 4.78 is 11.4. The maximum atomic E-state index is 6.84. The van der Waals surface area contributed by atoms with Crippen molar-refractivity contribution in [1.29, 1.82) is 0 Å². The first kappa shape index (κ1) is 3.02. The van der Waals surface area contributed by atoms with Crippen molar-refractivity contribution in [3.8, 4) is 0 Å². The molecule has 0 amide bonds. The molecule has 36 valence electrons. The quantitative estimate of drug-likeness (QED) is 0.442. The Bertz CT molecular complexity index is 160. The van der Waals surface area contributed by atoms with E-state index in [1.807, 2.05) is 0 Å². The first-order valence-electron chi connectivity index (χ1n) is 2.42. The highest BCUT2D eigenvalue weighted by Crippen LogP contribution is 1.83. The topological polar surface area (TPSA) is 21.6 Å². The largest absolute Gasteiger partial charge is 0.453 e. The van der Waals surface area contributed by atoms with Crippen LogP contribution in [-0.2, 0) is 4.74 Å². The van der Waals surface area contributed by atoms with Gasteiger partial charge in [0.1, 0.15) is 1.37 Å². The van der Waals surface area contributed by atoms with E-state index in [1.165, 1.54) is 12.5 Å². The molecular weight excluding hydrogens is 90.1 g/mol. The second kappa shape index (κ2) is 2.18. The maximum Gasteiger partial charge on any atom is 0.180 e. The summed E-state index contributed by atoms with van der Waals surface area (Å²) in [6.45, 7) is 0. The Morgan fingerprint density at radius 1 is 1.57 bits per heavy atom. The van der Waals surface area contributed by atoms with Crippen LogP contribution in [0.3, 0.4) is 0 Å². The molecule has 7 heavy (non-hydrogen) atoms. The molecule has 0 saturated carbocycles. The third kappa shape index (κ3) is 1.22. The predicted molar refractivity (Wildman–Crippen MR) is 27.9 cm³/mol. The lowest BCUT2D eigenvalue weighted by molar-refractivity contribution is 0.495. The van der Waals surface area contributed by atoms with Crippen LogP contribution in [0.4, 0.5) is 0 Å². The van der Waals surface area contributed by atoms with Crippen LogP contribution < -0.4 is 0 Å². The van der Waals surface area contributed by atoms with Crippen LogP contribution >= 0.6 is 0 Å². The van der Waals surface area contributed by atoms with Crippen LogP contribution in [0.15, 0.2) is 29.6 Å². The van der Waals surface area contributed by atoms with E-state index in [0.717, 1.165) is 0 Å². The Balaban J connectivity index is 2.69. The fourth-order valence-corrected chi connectivity index (χ4v) is 0.269. The first-order chi connectivity index (χ1) is 3.89. The molecule has 1 aliphatic heterocycles. The smallest absolute Gasteiger partial charge is 0.180 e. The fourth-order valence-electron chi connectivity index (χ4n) is 0.269. The summed E-state index contributed by atoms with van der Waals surface area (Å²) in [5.74, 6) is 0. The molecule has 2 heteroatoms. The fraction of sp³-hybridized carbons (Fsp3) is 0. The van der Waals surface area contributed by atoms with Gasteiger partial charge in [0, 0.05) is 6.20 Å². The minimum atomic E-state index is -0.0741. The van der Waals surface area contributed by atoms with Crippen molar-refractivity contribution in [1.82, 2.24) is 0 Å². The average molecular weight is 96.1 g/mol. The van der Waals surface area contributed by atoms with E-state index >= 15 is 0 Å². The second-order valence-corrected chi connectivity index (χ2v) is 1.01. The van der Waals surface area contributed by atoms with Gasteiger partial charge < -0.3 is 4.74 Å². The monoisotopic (exact) mass is 96.0 g/mol. The molecule has 0 unspecified atom stereocenters. The highest BCUT2D eigenvalue weighted by Gasteiger charge is 1.70. The number of allylic oxidation sites excluding steroid dienone is 2. The number of rotatable bonds is 0. The normalized spacial score (nSPS) is 19.4. The van der Waals surface area contributed by atoms with Crippen molar-refractivity contribution >= 4 is 6.38 Å². The van der Waals surface area contributed by atoms with Crippen LogP contribution in [0.1, 0.15) is 1.37 Å². The lowest BCUT2D eigenvalue weighted by Crippen LogP contribution is -1.68. The minimum absolute atomic E-state index is 0.0741. The molecule has 0 aromatic carbocycles. The highest BCUT2D eigenvalue weighted by atomic mass is 16.5. The molecule has 2 nitrogen and oxygen atoms in total. The van der Waals surface area contributed by atoms with E-state index in [9.17, 15) is 0 Å². The average Bonchev–Trinajstić information content (AvgIpc) is 1.94. The van der Waals surface area contributed by atoms with Gasteiger partial charge in [-0.15, -0.1) is 0 Å². The number of nitrogens with zero attached hydrogens (tertiary/aromatic N) is 1. The van der Waals surface area contributed by atoms with Gasteiger partial charge in [0.15, 0.2) is 6.38 Å². The first-order valence-corrected chi connectivity index (χ1v) is 1.92. The SMILES string of the molecule is [2H]C1=NC=CC=CO1. The minimum Gasteiger partial charge on any atom is -0.453 e. The van der Waals surface area contributed by atoms with Gasteiger partial charge in [-0.25, -0.2) is 4.99 Å². The predicted octanol–water partition coefficient (Wildman–Crippen LogP) is 1.07. The summed E-state index contributed by atoms with van der Waals surface area (Å²) in [5, 5.41) is 0. The van der Waals surface area contributed by atoms with Gasteiger partial charge in [-0.1, -0.05) is 0 Å². The third-order valence-corrected chi connectivity index (χ3v) is 0.524. The van der Waals surface area contributed by atoms with Gasteiger partial charge in [-0.05, 0) is 12.2 Å². The summed E-state index contributed by atoms with van der Waals surface area (Å²) in [4.78, 5) is 3.54. The maximum absolute atomic E-state index is 6.84. The zero-order valence-corrected chi connectivity index (χ0v) is 3.66. The summed E-state index contributed by atoms with van der Waals surface area (Å²) in [7, 11) is 0. The van der Waals surface area contributed by atoms with Crippen LogP contribution in [-0.4, -0.2) is 6.38 Å². The second-order valence-electron chi connectivity index (χ2n) is 1.01. The van der Waals surface area contributed by atoms with Gasteiger partial charge in [0.05, 0.1) is 6.26 Å². The molecule has 0 atom stereocenters. The number of ether oxygens (including phenoxy) is 1. The molecule has 0 radical (unpaired) electrons. The molecule has 0 N–H and O–H groups in total.